The lowest BCUT2D eigenvalue weighted by atomic mass is 9.97. The Hall–Kier alpha value is -2.62. The lowest BCUT2D eigenvalue weighted by molar-refractivity contribution is -0.270. The first kappa shape index (κ1) is 18.7. The molecule has 25 heavy (non-hydrogen) atoms. The summed E-state index contributed by atoms with van der Waals surface area (Å²) in [6, 6.07) is 3.11. The molecule has 2 N–H and O–H groups in total. The Morgan fingerprint density at radius 3 is 2.44 bits per heavy atom. The van der Waals surface area contributed by atoms with E-state index in [1.807, 2.05) is 0 Å². The Labute approximate surface area is 142 Å². The molecule has 136 valence electrons. The van der Waals surface area contributed by atoms with E-state index >= 15 is 0 Å². The molecule has 0 aliphatic carbocycles. The lowest BCUT2D eigenvalue weighted by Gasteiger charge is -2.29. The Bertz CT molecular complexity index is 742. The Morgan fingerprint density at radius 2 is 2.00 bits per heavy atom. The van der Waals surface area contributed by atoms with Gasteiger partial charge in [-0.2, -0.15) is 13.2 Å². The minimum absolute atomic E-state index is 0.222. The molecule has 0 fully saturated rings. The molecule has 0 spiro atoms. The van der Waals surface area contributed by atoms with Gasteiger partial charge in [-0.05, 0) is 12.1 Å². The molecule has 0 aliphatic heterocycles. The zero-order valence-corrected chi connectivity index (χ0v) is 13.9. The van der Waals surface area contributed by atoms with Gasteiger partial charge in [0.05, 0.1) is 18.3 Å². The van der Waals surface area contributed by atoms with Crippen LogP contribution in [0.15, 0.2) is 30.7 Å². The Balaban J connectivity index is 2.19. The van der Waals surface area contributed by atoms with Gasteiger partial charge in [0.25, 0.3) is 0 Å². The van der Waals surface area contributed by atoms with Crippen molar-refractivity contribution in [2.45, 2.75) is 18.2 Å². The molecule has 2 aromatic heterocycles. The van der Waals surface area contributed by atoms with E-state index in [4.69, 9.17) is 0 Å². The van der Waals surface area contributed by atoms with Crippen LogP contribution in [0.3, 0.4) is 0 Å². The number of nitrogens with zero attached hydrogens (tertiary/aromatic N) is 4. The highest BCUT2D eigenvalue weighted by Crippen LogP contribution is 2.40. The third-order valence-electron chi connectivity index (χ3n) is 3.57. The predicted molar refractivity (Wildman–Crippen MR) is 85.0 cm³/mol. The topological polar surface area (TPSA) is 83.3 Å². The van der Waals surface area contributed by atoms with E-state index in [9.17, 15) is 23.1 Å². The van der Waals surface area contributed by atoms with Crippen molar-refractivity contribution in [2.75, 3.05) is 24.3 Å². The summed E-state index contributed by atoms with van der Waals surface area (Å²) in [7, 11) is 4.86. The number of amides is 1. The second kappa shape index (κ2) is 6.71. The van der Waals surface area contributed by atoms with Gasteiger partial charge >= 0.3 is 6.18 Å². The van der Waals surface area contributed by atoms with Crippen LogP contribution in [-0.4, -0.2) is 45.8 Å². The zero-order valence-electron chi connectivity index (χ0n) is 13.9. The molecule has 0 unspecified atom stereocenters. The van der Waals surface area contributed by atoms with Crippen molar-refractivity contribution in [1.29, 1.82) is 0 Å². The number of alkyl halides is 3. The molecule has 2 aromatic rings. The van der Waals surface area contributed by atoms with Crippen LogP contribution in [0.5, 0.6) is 0 Å². The fraction of sp³-hybridized carbons (Fsp3) is 0.400. The van der Waals surface area contributed by atoms with Crippen molar-refractivity contribution < 1.29 is 23.1 Å². The molecular formula is C15H18F3N5O2. The maximum atomic E-state index is 13.4. The van der Waals surface area contributed by atoms with Gasteiger partial charge in [-0.1, -0.05) is 0 Å². The molecule has 0 aromatic carbocycles. The summed E-state index contributed by atoms with van der Waals surface area (Å²) in [5.74, 6) is -1.05. The van der Waals surface area contributed by atoms with E-state index in [1.54, 1.807) is 25.1 Å². The van der Waals surface area contributed by atoms with Crippen LogP contribution < -0.4 is 10.2 Å². The smallest absolute Gasteiger partial charge is 0.374 e. The van der Waals surface area contributed by atoms with Crippen LogP contribution in [0.25, 0.3) is 0 Å². The first-order valence-corrected chi connectivity index (χ1v) is 7.25. The van der Waals surface area contributed by atoms with Crippen LogP contribution in [0.1, 0.15) is 12.2 Å². The molecule has 2 rings (SSSR count). The number of halogens is 3. The summed E-state index contributed by atoms with van der Waals surface area (Å²) in [5, 5.41) is 12.5. The number of aryl methyl sites for hydroxylation is 1. The van der Waals surface area contributed by atoms with E-state index in [0.717, 1.165) is 10.8 Å². The van der Waals surface area contributed by atoms with Crippen molar-refractivity contribution in [3.63, 3.8) is 0 Å². The van der Waals surface area contributed by atoms with Crippen molar-refractivity contribution in [3.8, 4) is 0 Å². The number of carbonyl (C=O) groups is 1. The van der Waals surface area contributed by atoms with Crippen LogP contribution in [0.2, 0.25) is 0 Å². The first-order chi connectivity index (χ1) is 11.5. The van der Waals surface area contributed by atoms with Gasteiger partial charge in [-0.3, -0.25) is 4.79 Å². The van der Waals surface area contributed by atoms with Gasteiger partial charge in [-0.25, -0.2) is 9.97 Å². The van der Waals surface area contributed by atoms with Crippen LogP contribution in [0.4, 0.5) is 24.7 Å². The lowest BCUT2D eigenvalue weighted by Crippen LogP contribution is -2.46. The number of hydrogen-bond acceptors (Lipinski definition) is 5. The molecule has 0 radical (unpaired) electrons. The number of imidazole rings is 1. The average Bonchev–Trinajstić information content (AvgIpc) is 2.93. The Kier molecular flexibility index (Phi) is 5.02. The fourth-order valence-electron chi connectivity index (χ4n) is 2.23. The van der Waals surface area contributed by atoms with Crippen LogP contribution >= 0.6 is 0 Å². The summed E-state index contributed by atoms with van der Waals surface area (Å²) in [6.07, 6.45) is -2.60. The highest BCUT2D eigenvalue weighted by molar-refractivity contribution is 5.91. The number of hydrogen-bond donors (Lipinski definition) is 2. The number of nitrogens with one attached hydrogen (secondary N) is 1. The number of anilines is 2. The molecule has 0 aliphatic rings. The van der Waals surface area contributed by atoms with E-state index < -0.39 is 29.9 Å². The third-order valence-corrected chi connectivity index (χ3v) is 3.57. The van der Waals surface area contributed by atoms with Crippen molar-refractivity contribution in [2.24, 2.45) is 7.05 Å². The van der Waals surface area contributed by atoms with E-state index in [1.165, 1.54) is 25.5 Å². The number of rotatable bonds is 5. The zero-order chi connectivity index (χ0) is 18.8. The Morgan fingerprint density at radius 1 is 1.32 bits per heavy atom. The number of aromatic nitrogens is 3. The minimum atomic E-state index is -5.07. The van der Waals surface area contributed by atoms with Gasteiger partial charge in [0, 0.05) is 33.5 Å². The van der Waals surface area contributed by atoms with Gasteiger partial charge < -0.3 is 19.9 Å². The minimum Gasteiger partial charge on any atom is -0.374 e. The molecule has 7 nitrogen and oxygen atoms in total. The first-order valence-electron chi connectivity index (χ1n) is 7.25. The normalized spacial score (nSPS) is 14.0. The predicted octanol–water partition coefficient (Wildman–Crippen LogP) is 1.66. The molecular weight excluding hydrogens is 339 g/mol. The van der Waals surface area contributed by atoms with Gasteiger partial charge in [0.15, 0.2) is 5.82 Å². The average molecular weight is 357 g/mol. The number of aliphatic hydroxyl groups is 1. The summed E-state index contributed by atoms with van der Waals surface area (Å²) in [6.45, 7) is 0. The molecule has 0 saturated carbocycles. The fourth-order valence-corrected chi connectivity index (χ4v) is 2.23. The van der Waals surface area contributed by atoms with E-state index in [-0.39, 0.29) is 5.69 Å². The maximum absolute atomic E-state index is 13.4. The SMILES string of the molecule is CN(C)c1ccc(NC(=O)C[C@](O)(c2nccn2C)C(F)(F)F)cn1. The van der Waals surface area contributed by atoms with E-state index in [0.29, 0.717) is 5.82 Å². The van der Waals surface area contributed by atoms with Crippen molar-refractivity contribution in [3.05, 3.63) is 36.5 Å². The van der Waals surface area contributed by atoms with Gasteiger partial charge in [-0.15, -0.1) is 0 Å². The summed E-state index contributed by atoms with van der Waals surface area (Å²) in [5.41, 5.74) is -3.17. The number of carbonyl (C=O) groups excluding carboxylic acids is 1. The molecule has 1 amide bonds. The van der Waals surface area contributed by atoms with Gasteiger partial charge in [0.1, 0.15) is 5.82 Å². The third kappa shape index (κ3) is 3.90. The second-order valence-electron chi connectivity index (χ2n) is 5.74. The van der Waals surface area contributed by atoms with Crippen molar-refractivity contribution in [1.82, 2.24) is 14.5 Å². The number of pyridine rings is 1. The highest BCUT2D eigenvalue weighted by Gasteiger charge is 2.58. The second-order valence-corrected chi connectivity index (χ2v) is 5.74. The van der Waals surface area contributed by atoms with Gasteiger partial charge in [0.2, 0.25) is 11.5 Å². The maximum Gasteiger partial charge on any atom is 0.425 e. The summed E-state index contributed by atoms with van der Waals surface area (Å²) >= 11 is 0. The largest absolute Gasteiger partial charge is 0.425 e. The summed E-state index contributed by atoms with van der Waals surface area (Å²) in [4.78, 5) is 21.4. The molecule has 10 heteroatoms. The molecule has 0 bridgehead atoms. The highest BCUT2D eigenvalue weighted by atomic mass is 19.4. The van der Waals surface area contributed by atoms with Crippen LogP contribution in [-0.2, 0) is 17.4 Å². The molecule has 2 heterocycles. The molecule has 1 atom stereocenters. The monoisotopic (exact) mass is 357 g/mol. The summed E-state index contributed by atoms with van der Waals surface area (Å²) < 4.78 is 41.2. The van der Waals surface area contributed by atoms with E-state index in [2.05, 4.69) is 15.3 Å². The molecule has 0 saturated heterocycles. The quantitative estimate of drug-likeness (QED) is 0.850. The van der Waals surface area contributed by atoms with Crippen LogP contribution in [0, 0.1) is 0 Å². The van der Waals surface area contributed by atoms with Crippen molar-refractivity contribution >= 4 is 17.4 Å². The standard InChI is InChI=1S/C15H18F3N5O2/c1-22(2)11-5-4-10(9-20-11)21-12(24)8-14(25,15(16,17)18)13-19-6-7-23(13)3/h4-7,9,25H,8H2,1-3H3,(H,21,24)/t14-/m0/s1.